The van der Waals surface area contributed by atoms with Crippen LogP contribution in [0.3, 0.4) is 0 Å². The van der Waals surface area contributed by atoms with Crippen LogP contribution in [0.2, 0.25) is 0 Å². The third-order valence-corrected chi connectivity index (χ3v) is 19.7. The van der Waals surface area contributed by atoms with Gasteiger partial charge in [-0.05, 0) is 310 Å². The standard InChI is InChI=1S/C19H22.3C15H15N.C14H13N/c1-10-7-8-16-17(11(10)2)9-18-14(5)12(3)13(4)15(6)19(16)18;1-9-4-5-16-14-8-12-6-10(2)11(3)7-13(12)15(9)14;1-9-7-12-8-14-13(5-4-6-16-14)15(12)11(3)10(9)2;1-9-7-14-12-5-4-6-16-15(12)8-13(14)11(3)10(9)2;1-9-6-11-8-14-12(4-3-5-15-14)13(11)7-10(9)2/h7-8H,9H2,1-6H3;3*4-7H,8H2,1-3H3;3-7H,8H2,1-2H3. The zero-order valence-corrected chi connectivity index (χ0v) is 51.8. The Bertz CT molecular complexity index is 4260. The molecule has 0 fully saturated rings. The fraction of sp³-hybridized carbons (Fsp3) is 0.282. The SMILES string of the molecule is Cc1cc2c(c(C)c1C)-c1cccnc1C2.Cc1cc2c(c(C)c1C)Cc1ncccc1-2.Cc1cc2c(cc1C)-c1c(C)ccnc1C2.Cc1cc2c(cc1C)-c1cccnc1C2.Cc1ccc2c(c1C)Cc1c(C)c(C)c(C)c(C)c1-2. The number of hydrogen-bond donors (Lipinski definition) is 0. The number of fused-ring (bicyclic) bond motifs is 15. The molecule has 412 valence electrons. The lowest BCUT2D eigenvalue weighted by Crippen LogP contribution is -1.98. The van der Waals surface area contributed by atoms with Crippen molar-refractivity contribution in [3.63, 3.8) is 0 Å². The summed E-state index contributed by atoms with van der Waals surface area (Å²) in [5.41, 5.74) is 51.8. The predicted octanol–water partition coefficient (Wildman–Crippen LogP) is 19.1. The molecule has 0 aliphatic heterocycles. The first-order chi connectivity index (χ1) is 39.2. The first-order valence-corrected chi connectivity index (χ1v) is 29.6. The summed E-state index contributed by atoms with van der Waals surface area (Å²) in [4.78, 5) is 17.9. The van der Waals surface area contributed by atoms with Crippen molar-refractivity contribution in [2.24, 2.45) is 0 Å². The van der Waals surface area contributed by atoms with Crippen molar-refractivity contribution >= 4 is 0 Å². The molecule has 6 aromatic carbocycles. The van der Waals surface area contributed by atoms with Gasteiger partial charge in [-0.15, -0.1) is 0 Å². The van der Waals surface area contributed by atoms with Crippen molar-refractivity contribution in [2.45, 2.75) is 150 Å². The highest BCUT2D eigenvalue weighted by Gasteiger charge is 2.28. The van der Waals surface area contributed by atoms with Crippen molar-refractivity contribution in [2.75, 3.05) is 0 Å². The fourth-order valence-electron chi connectivity index (χ4n) is 13.6. The lowest BCUT2D eigenvalue weighted by Gasteiger charge is -2.16. The summed E-state index contributed by atoms with van der Waals surface area (Å²) in [6.07, 6.45) is 12.7. The van der Waals surface area contributed by atoms with E-state index in [2.05, 4.69) is 210 Å². The number of benzene rings is 6. The normalized spacial score (nSPS) is 12.5. The van der Waals surface area contributed by atoms with Gasteiger partial charge in [0.25, 0.3) is 0 Å². The van der Waals surface area contributed by atoms with Crippen molar-refractivity contribution in [3.05, 3.63) is 267 Å². The van der Waals surface area contributed by atoms with E-state index in [-0.39, 0.29) is 0 Å². The van der Waals surface area contributed by atoms with E-state index in [0.717, 1.165) is 32.1 Å². The van der Waals surface area contributed by atoms with E-state index in [4.69, 9.17) is 0 Å². The Morgan fingerprint density at radius 3 is 1.35 bits per heavy atom. The molecule has 0 radical (unpaired) electrons. The molecule has 0 spiro atoms. The van der Waals surface area contributed by atoms with Crippen molar-refractivity contribution < 1.29 is 0 Å². The number of nitrogens with zero attached hydrogens (tertiary/aromatic N) is 4. The maximum Gasteiger partial charge on any atom is 0.0528 e. The van der Waals surface area contributed by atoms with Crippen molar-refractivity contribution in [1.82, 2.24) is 19.9 Å². The van der Waals surface area contributed by atoms with E-state index >= 15 is 0 Å². The van der Waals surface area contributed by atoms with Crippen LogP contribution in [0.15, 0.2) is 116 Å². The molecule has 4 aromatic heterocycles. The monoisotopic (exact) mass is 1070 g/mol. The minimum Gasteiger partial charge on any atom is -0.260 e. The number of pyridine rings is 4. The molecule has 0 bridgehead atoms. The molecule has 0 amide bonds. The van der Waals surface area contributed by atoms with Crippen LogP contribution in [0.5, 0.6) is 0 Å². The van der Waals surface area contributed by atoms with Crippen LogP contribution in [0.25, 0.3) is 55.6 Å². The molecule has 10 aromatic rings. The Morgan fingerprint density at radius 2 is 0.683 bits per heavy atom. The number of rotatable bonds is 0. The van der Waals surface area contributed by atoms with Gasteiger partial charge in [0.15, 0.2) is 0 Å². The average molecular weight is 1070 g/mol. The zero-order chi connectivity index (χ0) is 58.2. The molecule has 15 rings (SSSR count). The summed E-state index contributed by atoms with van der Waals surface area (Å²) in [7, 11) is 0. The lowest BCUT2D eigenvalue weighted by atomic mass is 9.89. The van der Waals surface area contributed by atoms with E-state index in [1.54, 1.807) is 11.1 Å². The van der Waals surface area contributed by atoms with Gasteiger partial charge in [-0.25, -0.2) is 0 Å². The maximum atomic E-state index is 4.49. The molecule has 5 aliphatic carbocycles. The molecule has 0 saturated heterocycles. The largest absolute Gasteiger partial charge is 0.260 e. The second-order valence-corrected chi connectivity index (χ2v) is 24.3. The molecular weight excluding hydrogens is 993 g/mol. The topological polar surface area (TPSA) is 51.6 Å². The van der Waals surface area contributed by atoms with Gasteiger partial charge in [-0.3, -0.25) is 19.9 Å². The first kappa shape index (κ1) is 55.8. The van der Waals surface area contributed by atoms with Gasteiger partial charge >= 0.3 is 0 Å². The molecular formula is C78H80N4. The van der Waals surface area contributed by atoms with Gasteiger partial charge in [0.1, 0.15) is 0 Å². The van der Waals surface area contributed by atoms with E-state index < -0.39 is 0 Å². The van der Waals surface area contributed by atoms with Gasteiger partial charge in [-0.1, -0.05) is 66.7 Å². The van der Waals surface area contributed by atoms with Gasteiger partial charge < -0.3 is 0 Å². The van der Waals surface area contributed by atoms with E-state index in [1.165, 1.54) is 195 Å². The third-order valence-electron chi connectivity index (χ3n) is 19.7. The highest BCUT2D eigenvalue weighted by Crippen LogP contribution is 2.46. The molecule has 4 heterocycles. The van der Waals surface area contributed by atoms with Crippen molar-refractivity contribution in [3.8, 4) is 55.6 Å². The highest BCUT2D eigenvalue weighted by atomic mass is 14.7. The Morgan fingerprint density at radius 1 is 0.232 bits per heavy atom. The summed E-state index contributed by atoms with van der Waals surface area (Å²) in [5, 5.41) is 0. The Labute approximate surface area is 489 Å². The van der Waals surface area contributed by atoms with Crippen LogP contribution < -0.4 is 0 Å². The van der Waals surface area contributed by atoms with Gasteiger partial charge in [0.2, 0.25) is 0 Å². The minimum absolute atomic E-state index is 0.993. The predicted molar refractivity (Wildman–Crippen MR) is 345 cm³/mol. The van der Waals surface area contributed by atoms with Crippen LogP contribution in [-0.4, -0.2) is 19.9 Å². The van der Waals surface area contributed by atoms with Crippen LogP contribution >= 0.6 is 0 Å². The van der Waals surface area contributed by atoms with Crippen LogP contribution in [0, 0.1) is 118 Å². The Balaban J connectivity index is 0.000000108. The van der Waals surface area contributed by atoms with Crippen LogP contribution in [0.1, 0.15) is 151 Å². The minimum atomic E-state index is 0.993. The smallest absolute Gasteiger partial charge is 0.0528 e. The summed E-state index contributed by atoms with van der Waals surface area (Å²) >= 11 is 0. The maximum absolute atomic E-state index is 4.49. The Kier molecular flexibility index (Phi) is 15.0. The zero-order valence-electron chi connectivity index (χ0n) is 51.8. The molecule has 0 saturated carbocycles. The van der Waals surface area contributed by atoms with Gasteiger partial charge in [-0.2, -0.15) is 0 Å². The summed E-state index contributed by atoms with van der Waals surface area (Å²) < 4.78 is 0. The molecule has 0 N–H and O–H groups in total. The van der Waals surface area contributed by atoms with Crippen LogP contribution in [-0.2, 0) is 32.1 Å². The second kappa shape index (κ2) is 22.0. The molecule has 4 heteroatoms. The van der Waals surface area contributed by atoms with E-state index in [1.807, 2.05) is 43.0 Å². The summed E-state index contributed by atoms with van der Waals surface area (Å²) in [6.45, 7) is 37.7. The third kappa shape index (κ3) is 9.82. The lowest BCUT2D eigenvalue weighted by molar-refractivity contribution is 1.10. The highest BCUT2D eigenvalue weighted by molar-refractivity contribution is 5.85. The molecule has 82 heavy (non-hydrogen) atoms. The van der Waals surface area contributed by atoms with Crippen molar-refractivity contribution in [1.29, 1.82) is 0 Å². The number of aromatic nitrogens is 4. The summed E-state index contributed by atoms with van der Waals surface area (Å²) in [6, 6.07) is 33.2. The van der Waals surface area contributed by atoms with Crippen LogP contribution in [0.4, 0.5) is 0 Å². The number of hydrogen-bond acceptors (Lipinski definition) is 4. The second-order valence-electron chi connectivity index (χ2n) is 24.3. The molecule has 0 unspecified atom stereocenters. The van der Waals surface area contributed by atoms with E-state index in [0.29, 0.717) is 0 Å². The first-order valence-electron chi connectivity index (χ1n) is 29.6. The van der Waals surface area contributed by atoms with E-state index in [9.17, 15) is 0 Å². The average Bonchev–Trinajstić information content (AvgIpc) is 4.20. The van der Waals surface area contributed by atoms with Gasteiger partial charge in [0, 0.05) is 72.7 Å². The molecule has 4 nitrogen and oxygen atoms in total. The van der Waals surface area contributed by atoms with Gasteiger partial charge in [0.05, 0.1) is 22.8 Å². The summed E-state index contributed by atoms with van der Waals surface area (Å²) in [5.74, 6) is 0. The molecule has 0 atom stereocenters. The fourth-order valence-corrected chi connectivity index (χ4v) is 13.6. The molecule has 5 aliphatic rings. The number of aryl methyl sites for hydroxylation is 8. The quantitative estimate of drug-likeness (QED) is 0.152. The Hall–Kier alpha value is -8.08.